The normalized spacial score (nSPS) is 9.93. The molecule has 0 radical (unpaired) electrons. The number of carbonyl (C=O) groups is 1. The molecule has 0 aliphatic rings. The number of carbonyl (C=O) groups excluding carboxylic acids is 1. The minimum Gasteiger partial charge on any atom is -0.369 e. The Morgan fingerprint density at radius 2 is 2.21 bits per heavy atom. The van der Waals surface area contributed by atoms with Gasteiger partial charge in [-0.15, -0.1) is 0 Å². The number of primary amides is 1. The number of benzene rings is 1. The van der Waals surface area contributed by atoms with Crippen molar-refractivity contribution in [3.05, 3.63) is 41.5 Å². The van der Waals surface area contributed by atoms with Crippen LogP contribution in [0.4, 0.5) is 0 Å². The van der Waals surface area contributed by atoms with E-state index in [9.17, 15) is 4.79 Å². The number of hydrogen-bond donors (Lipinski definition) is 1. The monoisotopic (exact) mass is 186 g/mol. The first-order chi connectivity index (χ1) is 6.74. The molecule has 0 saturated carbocycles. The van der Waals surface area contributed by atoms with Gasteiger partial charge in [-0.1, -0.05) is 30.4 Å². The minimum absolute atomic E-state index is 0.194. The first kappa shape index (κ1) is 10.0. The lowest BCUT2D eigenvalue weighted by atomic mass is 10.1. The number of nitrogens with two attached hydrogens (primary N) is 1. The van der Waals surface area contributed by atoms with Crippen LogP contribution in [-0.4, -0.2) is 5.91 Å². The summed E-state index contributed by atoms with van der Waals surface area (Å²) in [7, 11) is 0. The first-order valence-corrected chi connectivity index (χ1v) is 4.18. The van der Waals surface area contributed by atoms with Crippen LogP contribution in [-0.2, 0) is 4.79 Å². The largest absolute Gasteiger partial charge is 0.369 e. The van der Waals surface area contributed by atoms with Crippen molar-refractivity contribution in [1.82, 2.24) is 0 Å². The third-order valence-corrected chi connectivity index (χ3v) is 1.70. The van der Waals surface area contributed by atoms with Crippen LogP contribution in [0.3, 0.4) is 0 Å². The van der Waals surface area contributed by atoms with Gasteiger partial charge >= 0.3 is 0 Å². The summed E-state index contributed by atoms with van der Waals surface area (Å²) in [4.78, 5) is 10.4. The summed E-state index contributed by atoms with van der Waals surface area (Å²) in [5, 5.41) is 8.75. The van der Waals surface area contributed by atoms with E-state index in [-0.39, 0.29) is 12.3 Å². The van der Waals surface area contributed by atoms with Crippen molar-refractivity contribution in [2.45, 2.75) is 6.42 Å². The van der Waals surface area contributed by atoms with Crippen molar-refractivity contribution < 1.29 is 4.79 Å². The van der Waals surface area contributed by atoms with Gasteiger partial charge in [0.1, 0.15) is 0 Å². The summed E-state index contributed by atoms with van der Waals surface area (Å²) in [6, 6.07) is 9.24. The highest BCUT2D eigenvalue weighted by molar-refractivity contribution is 5.76. The molecule has 0 unspecified atom stereocenters. The summed E-state index contributed by atoms with van der Waals surface area (Å²) in [6.07, 6.45) is 3.57. The van der Waals surface area contributed by atoms with E-state index in [2.05, 4.69) is 6.07 Å². The van der Waals surface area contributed by atoms with Crippen LogP contribution < -0.4 is 5.73 Å². The Morgan fingerprint density at radius 3 is 2.86 bits per heavy atom. The summed E-state index contributed by atoms with van der Waals surface area (Å²) in [5.74, 6) is -0.379. The molecule has 0 bridgehead atoms. The summed E-state index contributed by atoms with van der Waals surface area (Å²) >= 11 is 0. The highest BCUT2D eigenvalue weighted by atomic mass is 16.1. The van der Waals surface area contributed by atoms with Gasteiger partial charge in [-0.25, -0.2) is 0 Å². The Hall–Kier alpha value is -2.08. The van der Waals surface area contributed by atoms with Crippen molar-refractivity contribution >= 4 is 12.0 Å². The molecule has 70 valence electrons. The SMILES string of the molecule is N#Cc1ccccc1C=CCC(N)=O. The molecule has 3 nitrogen and oxygen atoms in total. The molecule has 1 amide bonds. The zero-order valence-electron chi connectivity index (χ0n) is 7.60. The van der Waals surface area contributed by atoms with Crippen molar-refractivity contribution in [2.75, 3.05) is 0 Å². The third-order valence-electron chi connectivity index (χ3n) is 1.70. The van der Waals surface area contributed by atoms with E-state index < -0.39 is 0 Å². The molecular formula is C11H10N2O. The van der Waals surface area contributed by atoms with E-state index in [0.717, 1.165) is 5.56 Å². The van der Waals surface area contributed by atoms with Gasteiger partial charge in [-0.2, -0.15) is 5.26 Å². The number of amides is 1. The molecule has 1 aromatic carbocycles. The fourth-order valence-corrected chi connectivity index (χ4v) is 1.05. The highest BCUT2D eigenvalue weighted by Crippen LogP contribution is 2.09. The van der Waals surface area contributed by atoms with Crippen LogP contribution >= 0.6 is 0 Å². The predicted octanol–water partition coefficient (Wildman–Crippen LogP) is 1.45. The van der Waals surface area contributed by atoms with E-state index in [1.807, 2.05) is 12.1 Å². The maximum atomic E-state index is 10.4. The second-order valence-electron chi connectivity index (χ2n) is 2.77. The molecule has 2 N–H and O–H groups in total. The Kier molecular flexibility index (Phi) is 3.45. The molecule has 0 aliphatic heterocycles. The first-order valence-electron chi connectivity index (χ1n) is 4.18. The molecule has 1 rings (SSSR count). The topological polar surface area (TPSA) is 66.9 Å². The fourth-order valence-electron chi connectivity index (χ4n) is 1.05. The smallest absolute Gasteiger partial charge is 0.221 e. The van der Waals surface area contributed by atoms with E-state index in [1.165, 1.54) is 0 Å². The Morgan fingerprint density at radius 1 is 1.50 bits per heavy atom. The van der Waals surface area contributed by atoms with Crippen LogP contribution in [0.25, 0.3) is 6.08 Å². The summed E-state index contributed by atoms with van der Waals surface area (Å²) in [5.41, 5.74) is 6.36. The van der Waals surface area contributed by atoms with Crippen LogP contribution in [0, 0.1) is 11.3 Å². The maximum absolute atomic E-state index is 10.4. The average Bonchev–Trinajstić information content (AvgIpc) is 2.18. The molecule has 0 aromatic heterocycles. The lowest BCUT2D eigenvalue weighted by Crippen LogP contribution is -2.07. The minimum atomic E-state index is -0.379. The number of nitriles is 1. The Bertz CT molecular complexity index is 402. The molecule has 14 heavy (non-hydrogen) atoms. The summed E-state index contributed by atoms with van der Waals surface area (Å²) < 4.78 is 0. The van der Waals surface area contributed by atoms with Crippen LogP contribution in [0.2, 0.25) is 0 Å². The molecule has 0 heterocycles. The lowest BCUT2D eigenvalue weighted by molar-refractivity contribution is -0.117. The van der Waals surface area contributed by atoms with Crippen molar-refractivity contribution in [1.29, 1.82) is 5.26 Å². The molecule has 0 aliphatic carbocycles. The number of nitrogens with zero attached hydrogens (tertiary/aromatic N) is 1. The van der Waals surface area contributed by atoms with Crippen LogP contribution in [0.15, 0.2) is 30.3 Å². The predicted molar refractivity (Wildman–Crippen MR) is 54.0 cm³/mol. The van der Waals surface area contributed by atoms with Gasteiger partial charge in [0, 0.05) is 6.42 Å². The number of rotatable bonds is 3. The standard InChI is InChI=1S/C11H10N2O/c12-8-10-5-2-1-4-9(10)6-3-7-11(13)14/h1-6H,7H2,(H2,13,14). The highest BCUT2D eigenvalue weighted by Gasteiger charge is 1.95. The molecule has 3 heteroatoms. The van der Waals surface area contributed by atoms with Crippen LogP contribution in [0.5, 0.6) is 0 Å². The molecular weight excluding hydrogens is 176 g/mol. The van der Waals surface area contributed by atoms with Gasteiger partial charge in [0.25, 0.3) is 0 Å². The van der Waals surface area contributed by atoms with E-state index in [0.29, 0.717) is 5.56 Å². The van der Waals surface area contributed by atoms with Crippen molar-refractivity contribution in [3.63, 3.8) is 0 Å². The second-order valence-corrected chi connectivity index (χ2v) is 2.77. The van der Waals surface area contributed by atoms with E-state index in [1.54, 1.807) is 24.3 Å². The van der Waals surface area contributed by atoms with Gasteiger partial charge in [0.15, 0.2) is 0 Å². The lowest BCUT2D eigenvalue weighted by Gasteiger charge is -1.95. The maximum Gasteiger partial charge on any atom is 0.221 e. The van der Waals surface area contributed by atoms with Crippen molar-refractivity contribution in [3.8, 4) is 6.07 Å². The quantitative estimate of drug-likeness (QED) is 0.776. The zero-order valence-corrected chi connectivity index (χ0v) is 7.60. The number of hydrogen-bond acceptors (Lipinski definition) is 2. The fraction of sp³-hybridized carbons (Fsp3) is 0.0909. The average molecular weight is 186 g/mol. The molecule has 0 saturated heterocycles. The third kappa shape index (κ3) is 2.76. The van der Waals surface area contributed by atoms with Gasteiger partial charge in [-0.3, -0.25) is 4.79 Å². The molecule has 0 fully saturated rings. The van der Waals surface area contributed by atoms with E-state index >= 15 is 0 Å². The summed E-state index contributed by atoms with van der Waals surface area (Å²) in [6.45, 7) is 0. The molecule has 1 aromatic rings. The van der Waals surface area contributed by atoms with Crippen molar-refractivity contribution in [2.24, 2.45) is 5.73 Å². The Labute approximate surface area is 82.5 Å². The van der Waals surface area contributed by atoms with Crippen LogP contribution in [0.1, 0.15) is 17.5 Å². The second kappa shape index (κ2) is 4.83. The van der Waals surface area contributed by atoms with Gasteiger partial charge in [0.05, 0.1) is 11.6 Å². The zero-order chi connectivity index (χ0) is 10.4. The van der Waals surface area contributed by atoms with E-state index in [4.69, 9.17) is 11.0 Å². The van der Waals surface area contributed by atoms with Gasteiger partial charge < -0.3 is 5.73 Å². The van der Waals surface area contributed by atoms with Gasteiger partial charge in [0.2, 0.25) is 5.91 Å². The van der Waals surface area contributed by atoms with Gasteiger partial charge in [-0.05, 0) is 11.6 Å². The molecule has 0 atom stereocenters. The Balaban J connectivity index is 2.81. The molecule has 0 spiro atoms.